The molecule has 2 aliphatic heterocycles. The Hall–Kier alpha value is -1.48. The summed E-state index contributed by atoms with van der Waals surface area (Å²) >= 11 is 0. The fraction of sp³-hybridized carbons (Fsp3) is 0.467. The Kier molecular flexibility index (Phi) is 2.42. The molecule has 0 aliphatic carbocycles. The van der Waals surface area contributed by atoms with Crippen LogP contribution in [-0.2, 0) is 0 Å². The van der Waals surface area contributed by atoms with Crippen molar-refractivity contribution in [3.8, 4) is 11.5 Å². The number of phenolic OH excluding ortho intramolecular Hbond substituents is 1. The molecule has 2 N–H and O–H groups in total. The standard InChI is InChI=1S/C15H19NO2/c1-9-6-12(17)14-10-8-16-5-4-11(10)15(2,3)18-13(14)7-9/h6-7,16-17H,4-5,8H2,1-3H3. The Balaban J connectivity index is 2.26. The molecule has 0 aromatic heterocycles. The number of hydrogen-bond donors (Lipinski definition) is 2. The van der Waals surface area contributed by atoms with Gasteiger partial charge in [-0.1, -0.05) is 0 Å². The third kappa shape index (κ3) is 1.62. The number of ether oxygens (including phenoxy) is 1. The first-order valence-electron chi connectivity index (χ1n) is 6.45. The van der Waals surface area contributed by atoms with Gasteiger partial charge in [-0.15, -0.1) is 0 Å². The van der Waals surface area contributed by atoms with Gasteiger partial charge in [-0.25, -0.2) is 0 Å². The average molecular weight is 245 g/mol. The third-order valence-electron chi connectivity index (χ3n) is 3.84. The highest BCUT2D eigenvalue weighted by Crippen LogP contribution is 2.46. The maximum atomic E-state index is 10.2. The molecule has 0 saturated carbocycles. The zero-order chi connectivity index (χ0) is 12.9. The van der Waals surface area contributed by atoms with Gasteiger partial charge in [0, 0.05) is 6.54 Å². The maximum Gasteiger partial charge on any atom is 0.132 e. The molecule has 3 nitrogen and oxygen atoms in total. The molecule has 3 heteroatoms. The zero-order valence-corrected chi connectivity index (χ0v) is 11.1. The monoisotopic (exact) mass is 245 g/mol. The van der Waals surface area contributed by atoms with Crippen LogP contribution in [0.3, 0.4) is 0 Å². The van der Waals surface area contributed by atoms with Crippen LogP contribution in [0.1, 0.15) is 31.4 Å². The number of aromatic hydroxyl groups is 1. The molecule has 0 radical (unpaired) electrons. The minimum atomic E-state index is -0.273. The lowest BCUT2D eigenvalue weighted by atomic mass is 9.82. The van der Waals surface area contributed by atoms with Crippen molar-refractivity contribution >= 4 is 5.57 Å². The highest BCUT2D eigenvalue weighted by Gasteiger charge is 2.37. The van der Waals surface area contributed by atoms with Crippen LogP contribution in [0.4, 0.5) is 0 Å². The average Bonchev–Trinajstić information content (AvgIpc) is 2.27. The predicted octanol–water partition coefficient (Wildman–Crippen LogP) is 2.62. The van der Waals surface area contributed by atoms with Gasteiger partial charge in [-0.2, -0.15) is 0 Å². The van der Waals surface area contributed by atoms with Crippen LogP contribution in [0, 0.1) is 6.92 Å². The van der Waals surface area contributed by atoms with Gasteiger partial charge in [0.1, 0.15) is 17.1 Å². The molecule has 3 rings (SSSR count). The number of nitrogens with one attached hydrogen (secondary N) is 1. The van der Waals surface area contributed by atoms with Gasteiger partial charge < -0.3 is 15.2 Å². The number of phenols is 1. The van der Waals surface area contributed by atoms with E-state index in [1.165, 1.54) is 11.1 Å². The van der Waals surface area contributed by atoms with Gasteiger partial charge in [0.25, 0.3) is 0 Å². The summed E-state index contributed by atoms with van der Waals surface area (Å²) in [5.74, 6) is 1.14. The van der Waals surface area contributed by atoms with Crippen molar-refractivity contribution in [1.82, 2.24) is 5.32 Å². The van der Waals surface area contributed by atoms with Crippen LogP contribution in [0.5, 0.6) is 11.5 Å². The fourth-order valence-electron chi connectivity index (χ4n) is 3.04. The predicted molar refractivity (Wildman–Crippen MR) is 72.0 cm³/mol. The largest absolute Gasteiger partial charge is 0.507 e. The molecular weight excluding hydrogens is 226 g/mol. The van der Waals surface area contributed by atoms with Crippen molar-refractivity contribution in [2.45, 2.75) is 32.8 Å². The highest BCUT2D eigenvalue weighted by atomic mass is 16.5. The first-order chi connectivity index (χ1) is 8.49. The number of fused-ring (bicyclic) bond motifs is 2. The fourth-order valence-corrected chi connectivity index (χ4v) is 3.04. The summed E-state index contributed by atoms with van der Waals surface area (Å²) in [4.78, 5) is 0. The molecule has 96 valence electrons. The molecule has 0 fully saturated rings. The lowest BCUT2D eigenvalue weighted by Crippen LogP contribution is -2.40. The van der Waals surface area contributed by atoms with Crippen LogP contribution in [0.25, 0.3) is 5.57 Å². The normalized spacial score (nSPS) is 21.1. The number of hydrogen-bond acceptors (Lipinski definition) is 3. The van der Waals surface area contributed by atoms with E-state index in [1.807, 2.05) is 13.0 Å². The minimum Gasteiger partial charge on any atom is -0.507 e. The summed E-state index contributed by atoms with van der Waals surface area (Å²) in [5, 5.41) is 13.6. The van der Waals surface area contributed by atoms with E-state index < -0.39 is 0 Å². The van der Waals surface area contributed by atoms with Gasteiger partial charge in [0.15, 0.2) is 0 Å². The molecule has 0 atom stereocenters. The van der Waals surface area contributed by atoms with Gasteiger partial charge in [0.2, 0.25) is 0 Å². The second-order valence-corrected chi connectivity index (χ2v) is 5.65. The molecule has 0 amide bonds. The summed E-state index contributed by atoms with van der Waals surface area (Å²) in [5.41, 5.74) is 4.15. The molecule has 1 aromatic carbocycles. The maximum absolute atomic E-state index is 10.2. The first-order valence-corrected chi connectivity index (χ1v) is 6.45. The van der Waals surface area contributed by atoms with E-state index >= 15 is 0 Å². The van der Waals surface area contributed by atoms with Crippen LogP contribution in [0.2, 0.25) is 0 Å². The first kappa shape index (κ1) is 11.6. The summed E-state index contributed by atoms with van der Waals surface area (Å²) in [6, 6.07) is 3.81. The van der Waals surface area contributed by atoms with Crippen molar-refractivity contribution in [2.75, 3.05) is 13.1 Å². The quantitative estimate of drug-likeness (QED) is 0.738. The van der Waals surface area contributed by atoms with Crippen molar-refractivity contribution in [3.63, 3.8) is 0 Å². The van der Waals surface area contributed by atoms with Gasteiger partial charge in [0.05, 0.1) is 5.56 Å². The van der Waals surface area contributed by atoms with E-state index in [0.29, 0.717) is 5.75 Å². The topological polar surface area (TPSA) is 41.5 Å². The summed E-state index contributed by atoms with van der Waals surface area (Å²) in [6.07, 6.45) is 0.981. The van der Waals surface area contributed by atoms with Crippen molar-refractivity contribution in [1.29, 1.82) is 0 Å². The molecule has 0 bridgehead atoms. The van der Waals surface area contributed by atoms with Crippen LogP contribution >= 0.6 is 0 Å². The molecule has 0 spiro atoms. The van der Waals surface area contributed by atoms with Gasteiger partial charge >= 0.3 is 0 Å². The summed E-state index contributed by atoms with van der Waals surface area (Å²) < 4.78 is 6.10. The second kappa shape index (κ2) is 3.75. The Morgan fingerprint density at radius 1 is 1.33 bits per heavy atom. The second-order valence-electron chi connectivity index (χ2n) is 5.65. The molecule has 2 aliphatic rings. The molecular formula is C15H19NO2. The van der Waals surface area contributed by atoms with Crippen molar-refractivity contribution in [3.05, 3.63) is 28.8 Å². The molecule has 0 unspecified atom stereocenters. The highest BCUT2D eigenvalue weighted by molar-refractivity contribution is 5.82. The van der Waals surface area contributed by atoms with Crippen molar-refractivity contribution < 1.29 is 9.84 Å². The van der Waals surface area contributed by atoms with E-state index in [9.17, 15) is 5.11 Å². The minimum absolute atomic E-state index is 0.273. The number of aryl methyl sites for hydroxylation is 1. The Labute approximate surface area is 107 Å². The van der Waals surface area contributed by atoms with E-state index in [0.717, 1.165) is 36.4 Å². The summed E-state index contributed by atoms with van der Waals surface area (Å²) in [7, 11) is 0. The molecule has 18 heavy (non-hydrogen) atoms. The zero-order valence-electron chi connectivity index (χ0n) is 11.1. The van der Waals surface area contributed by atoms with Crippen LogP contribution in [0.15, 0.2) is 17.7 Å². The smallest absolute Gasteiger partial charge is 0.132 e. The molecule has 2 heterocycles. The molecule has 0 saturated heterocycles. The van der Waals surface area contributed by atoms with E-state index in [2.05, 4.69) is 19.2 Å². The van der Waals surface area contributed by atoms with Gasteiger partial charge in [-0.05, 0) is 62.6 Å². The van der Waals surface area contributed by atoms with E-state index in [-0.39, 0.29) is 5.60 Å². The third-order valence-corrected chi connectivity index (χ3v) is 3.84. The lowest BCUT2D eigenvalue weighted by Gasteiger charge is -2.39. The Morgan fingerprint density at radius 3 is 2.89 bits per heavy atom. The lowest BCUT2D eigenvalue weighted by molar-refractivity contribution is 0.137. The Morgan fingerprint density at radius 2 is 2.11 bits per heavy atom. The Bertz CT molecular complexity index is 544. The summed E-state index contributed by atoms with van der Waals surface area (Å²) in [6.45, 7) is 7.98. The van der Waals surface area contributed by atoms with E-state index in [1.54, 1.807) is 6.07 Å². The number of rotatable bonds is 0. The molecule has 1 aromatic rings. The van der Waals surface area contributed by atoms with Gasteiger partial charge in [-0.3, -0.25) is 0 Å². The van der Waals surface area contributed by atoms with Crippen molar-refractivity contribution in [2.24, 2.45) is 0 Å². The van der Waals surface area contributed by atoms with Crippen LogP contribution in [-0.4, -0.2) is 23.8 Å². The van der Waals surface area contributed by atoms with Crippen LogP contribution < -0.4 is 10.1 Å². The SMILES string of the molecule is Cc1cc(O)c2c(c1)OC(C)(C)C1=C2CNCC1. The number of benzene rings is 1. The van der Waals surface area contributed by atoms with E-state index in [4.69, 9.17) is 4.74 Å².